The van der Waals surface area contributed by atoms with Crippen molar-refractivity contribution >= 4 is 0 Å². The molecular formula is C11H23N. The van der Waals surface area contributed by atoms with Crippen LogP contribution in [0.15, 0.2) is 11.6 Å². The molecule has 0 aromatic carbocycles. The van der Waals surface area contributed by atoms with Crippen LogP contribution in [0.5, 0.6) is 0 Å². The van der Waals surface area contributed by atoms with Gasteiger partial charge in [0, 0.05) is 6.04 Å². The third-order valence-corrected chi connectivity index (χ3v) is 2.56. The molecule has 0 aromatic rings. The Balaban J connectivity index is 4.45. The maximum absolute atomic E-state index is 3.35. The van der Waals surface area contributed by atoms with Crippen LogP contribution in [0.3, 0.4) is 0 Å². The van der Waals surface area contributed by atoms with Crippen LogP contribution >= 0.6 is 0 Å². The van der Waals surface area contributed by atoms with Gasteiger partial charge in [-0.25, -0.2) is 0 Å². The van der Waals surface area contributed by atoms with Crippen LogP contribution in [0.4, 0.5) is 0 Å². The minimum Gasteiger partial charge on any atom is -0.313 e. The fraction of sp³-hybridized carbons (Fsp3) is 0.818. The Kier molecular flexibility index (Phi) is 4.54. The highest BCUT2D eigenvalue weighted by Gasteiger charge is 2.23. The molecule has 0 spiro atoms. The van der Waals surface area contributed by atoms with Gasteiger partial charge in [0.05, 0.1) is 0 Å². The second-order valence-electron chi connectivity index (χ2n) is 4.35. The van der Waals surface area contributed by atoms with E-state index in [0.29, 0.717) is 11.5 Å². The number of hydrogen-bond acceptors (Lipinski definition) is 1. The Labute approximate surface area is 77.2 Å². The van der Waals surface area contributed by atoms with Gasteiger partial charge in [-0.2, -0.15) is 0 Å². The van der Waals surface area contributed by atoms with Crippen molar-refractivity contribution < 1.29 is 0 Å². The van der Waals surface area contributed by atoms with Gasteiger partial charge in [-0.3, -0.25) is 0 Å². The van der Waals surface area contributed by atoms with Crippen LogP contribution in [-0.2, 0) is 0 Å². The molecule has 0 radical (unpaired) electrons. The lowest BCUT2D eigenvalue weighted by Gasteiger charge is -2.31. The summed E-state index contributed by atoms with van der Waals surface area (Å²) in [5.41, 5.74) is 1.74. The molecule has 0 rings (SSSR count). The average Bonchev–Trinajstić information content (AvgIpc) is 1.99. The van der Waals surface area contributed by atoms with Gasteiger partial charge < -0.3 is 5.32 Å². The van der Waals surface area contributed by atoms with E-state index in [1.54, 1.807) is 0 Å². The Morgan fingerprint density at radius 3 is 2.17 bits per heavy atom. The maximum Gasteiger partial charge on any atom is 0.0300 e. The largest absolute Gasteiger partial charge is 0.313 e. The summed E-state index contributed by atoms with van der Waals surface area (Å²) < 4.78 is 0. The van der Waals surface area contributed by atoms with E-state index in [2.05, 4.69) is 46.0 Å². The minimum absolute atomic E-state index is 0.353. The summed E-state index contributed by atoms with van der Waals surface area (Å²) in [5.74, 6) is 0. The highest BCUT2D eigenvalue weighted by Crippen LogP contribution is 2.25. The van der Waals surface area contributed by atoms with Gasteiger partial charge in [-0.15, -0.1) is 0 Å². The lowest BCUT2D eigenvalue weighted by atomic mass is 9.81. The molecule has 0 aliphatic heterocycles. The molecular weight excluding hydrogens is 146 g/mol. The smallest absolute Gasteiger partial charge is 0.0300 e. The first-order chi connectivity index (χ1) is 5.44. The van der Waals surface area contributed by atoms with Gasteiger partial charge in [-0.05, 0) is 32.7 Å². The van der Waals surface area contributed by atoms with Crippen molar-refractivity contribution in [2.75, 3.05) is 7.05 Å². The van der Waals surface area contributed by atoms with Crippen LogP contribution in [0.1, 0.15) is 41.0 Å². The molecule has 1 unspecified atom stereocenters. The summed E-state index contributed by atoms with van der Waals surface area (Å²) in [7, 11) is 2.03. The molecule has 0 aliphatic rings. The van der Waals surface area contributed by atoms with Crippen molar-refractivity contribution in [3.63, 3.8) is 0 Å². The van der Waals surface area contributed by atoms with Crippen LogP contribution in [0.25, 0.3) is 0 Å². The summed E-state index contributed by atoms with van der Waals surface area (Å²) in [6.45, 7) is 11.1. The van der Waals surface area contributed by atoms with E-state index in [1.807, 2.05) is 7.05 Å². The zero-order valence-corrected chi connectivity index (χ0v) is 9.36. The number of rotatable bonds is 4. The van der Waals surface area contributed by atoms with Gasteiger partial charge in [-0.1, -0.05) is 32.4 Å². The van der Waals surface area contributed by atoms with Gasteiger partial charge in [0.15, 0.2) is 0 Å². The zero-order chi connectivity index (χ0) is 9.78. The standard InChI is InChI=1S/C11H23N/c1-7-11(4,5)10(12-6)8-9(2)3/h8,10,12H,7H2,1-6H3. The SMILES string of the molecule is CCC(C)(C)C(C=C(C)C)NC. The fourth-order valence-electron chi connectivity index (χ4n) is 1.25. The number of likely N-dealkylation sites (N-methyl/N-ethyl adjacent to an activating group) is 1. The van der Waals surface area contributed by atoms with Gasteiger partial charge in [0.25, 0.3) is 0 Å². The van der Waals surface area contributed by atoms with Crippen molar-refractivity contribution in [3.8, 4) is 0 Å². The predicted octanol–water partition coefficient (Wildman–Crippen LogP) is 2.98. The molecule has 1 N–H and O–H groups in total. The quantitative estimate of drug-likeness (QED) is 0.638. The molecule has 72 valence electrons. The molecule has 0 aliphatic carbocycles. The van der Waals surface area contributed by atoms with Gasteiger partial charge in [0.1, 0.15) is 0 Å². The molecule has 0 heterocycles. The summed E-state index contributed by atoms with van der Waals surface area (Å²) in [5, 5.41) is 3.35. The predicted molar refractivity (Wildman–Crippen MR) is 56.4 cm³/mol. The van der Waals surface area contributed by atoms with E-state index in [4.69, 9.17) is 0 Å². The first-order valence-electron chi connectivity index (χ1n) is 4.76. The Morgan fingerprint density at radius 2 is 1.92 bits per heavy atom. The van der Waals surface area contributed by atoms with Crippen molar-refractivity contribution in [1.29, 1.82) is 0 Å². The third-order valence-electron chi connectivity index (χ3n) is 2.56. The summed E-state index contributed by atoms with van der Waals surface area (Å²) in [4.78, 5) is 0. The van der Waals surface area contributed by atoms with E-state index in [0.717, 1.165) is 0 Å². The average molecular weight is 169 g/mol. The molecule has 0 bridgehead atoms. The Morgan fingerprint density at radius 1 is 1.42 bits per heavy atom. The molecule has 0 aromatic heterocycles. The molecule has 1 atom stereocenters. The topological polar surface area (TPSA) is 12.0 Å². The van der Waals surface area contributed by atoms with Crippen LogP contribution < -0.4 is 5.32 Å². The van der Waals surface area contributed by atoms with E-state index >= 15 is 0 Å². The van der Waals surface area contributed by atoms with Crippen LogP contribution in [0, 0.1) is 5.41 Å². The van der Waals surface area contributed by atoms with Crippen LogP contribution in [-0.4, -0.2) is 13.1 Å². The molecule has 1 nitrogen and oxygen atoms in total. The van der Waals surface area contributed by atoms with Crippen molar-refractivity contribution in [2.45, 2.75) is 47.1 Å². The van der Waals surface area contributed by atoms with Gasteiger partial charge in [0.2, 0.25) is 0 Å². The van der Waals surface area contributed by atoms with Crippen molar-refractivity contribution in [2.24, 2.45) is 5.41 Å². The molecule has 1 heteroatoms. The van der Waals surface area contributed by atoms with Crippen molar-refractivity contribution in [1.82, 2.24) is 5.32 Å². The lowest BCUT2D eigenvalue weighted by Crippen LogP contribution is -2.38. The second-order valence-corrected chi connectivity index (χ2v) is 4.35. The summed E-state index contributed by atoms with van der Waals surface area (Å²) in [6.07, 6.45) is 3.51. The zero-order valence-electron chi connectivity index (χ0n) is 9.36. The number of nitrogens with one attached hydrogen (secondary N) is 1. The molecule has 0 saturated carbocycles. The van der Waals surface area contributed by atoms with E-state index < -0.39 is 0 Å². The molecule has 0 amide bonds. The Bertz CT molecular complexity index is 152. The first kappa shape index (κ1) is 11.7. The van der Waals surface area contributed by atoms with E-state index in [1.165, 1.54) is 12.0 Å². The van der Waals surface area contributed by atoms with E-state index in [-0.39, 0.29) is 0 Å². The van der Waals surface area contributed by atoms with Crippen LogP contribution in [0.2, 0.25) is 0 Å². The highest BCUT2D eigenvalue weighted by atomic mass is 14.9. The maximum atomic E-state index is 3.35. The molecule has 0 fully saturated rings. The fourth-order valence-corrected chi connectivity index (χ4v) is 1.25. The second kappa shape index (κ2) is 4.66. The molecule has 0 saturated heterocycles. The lowest BCUT2D eigenvalue weighted by molar-refractivity contribution is 0.281. The minimum atomic E-state index is 0.353. The number of hydrogen-bond donors (Lipinski definition) is 1. The molecule has 12 heavy (non-hydrogen) atoms. The highest BCUT2D eigenvalue weighted by molar-refractivity contribution is 5.05. The first-order valence-corrected chi connectivity index (χ1v) is 4.76. The van der Waals surface area contributed by atoms with Gasteiger partial charge >= 0.3 is 0 Å². The summed E-state index contributed by atoms with van der Waals surface area (Å²) in [6, 6.07) is 0.493. The normalized spacial score (nSPS) is 14.2. The van der Waals surface area contributed by atoms with Crippen molar-refractivity contribution in [3.05, 3.63) is 11.6 Å². The Hall–Kier alpha value is -0.300. The summed E-state index contributed by atoms with van der Waals surface area (Å²) >= 11 is 0. The monoisotopic (exact) mass is 169 g/mol. The third kappa shape index (κ3) is 3.40. The van der Waals surface area contributed by atoms with E-state index in [9.17, 15) is 0 Å². The number of allylic oxidation sites excluding steroid dienone is 1.